The molecule has 90 valence electrons. The van der Waals surface area contributed by atoms with Gasteiger partial charge in [-0.3, -0.25) is 0 Å². The van der Waals surface area contributed by atoms with E-state index in [1.807, 2.05) is 12.1 Å². The summed E-state index contributed by atoms with van der Waals surface area (Å²) < 4.78 is 1.29. The highest BCUT2D eigenvalue weighted by molar-refractivity contribution is 7.22. The Hall–Kier alpha value is -1.64. The van der Waals surface area contributed by atoms with Crippen molar-refractivity contribution >= 4 is 21.4 Å². The van der Waals surface area contributed by atoms with Gasteiger partial charge in [0.05, 0.1) is 6.61 Å². The molecule has 18 heavy (non-hydrogen) atoms. The molecule has 1 nitrogen and oxygen atoms in total. The molecule has 0 saturated heterocycles. The second-order valence-electron chi connectivity index (χ2n) is 4.47. The summed E-state index contributed by atoms with van der Waals surface area (Å²) in [7, 11) is 0. The maximum atomic E-state index is 9.45. The van der Waals surface area contributed by atoms with Crippen LogP contribution >= 0.6 is 11.3 Å². The van der Waals surface area contributed by atoms with E-state index >= 15 is 0 Å². The third-order valence-corrected chi connectivity index (χ3v) is 4.28. The van der Waals surface area contributed by atoms with Crippen LogP contribution in [0, 0.1) is 6.92 Å². The molecule has 0 atom stereocenters. The number of hydrogen-bond acceptors (Lipinski definition) is 2. The van der Waals surface area contributed by atoms with Crippen molar-refractivity contribution in [3.05, 3.63) is 59.7 Å². The lowest BCUT2D eigenvalue weighted by atomic mass is 10.0. The molecular weight excluding hydrogens is 240 g/mol. The first-order chi connectivity index (χ1) is 8.78. The van der Waals surface area contributed by atoms with Crippen LogP contribution in [0.4, 0.5) is 0 Å². The standard InChI is InChI=1S/C16H14OS/c1-11-6-7-13(10-17)14(8-11)16-9-12-4-2-3-5-15(12)18-16/h2-9,17H,10H2,1H3. The summed E-state index contributed by atoms with van der Waals surface area (Å²) in [4.78, 5) is 1.23. The van der Waals surface area contributed by atoms with E-state index in [2.05, 4.69) is 43.3 Å². The zero-order valence-corrected chi connectivity index (χ0v) is 11.0. The van der Waals surface area contributed by atoms with Gasteiger partial charge >= 0.3 is 0 Å². The Morgan fingerprint density at radius 2 is 1.89 bits per heavy atom. The molecule has 0 aliphatic carbocycles. The molecule has 0 unspecified atom stereocenters. The minimum Gasteiger partial charge on any atom is -0.392 e. The van der Waals surface area contributed by atoms with Crippen molar-refractivity contribution in [3.63, 3.8) is 0 Å². The largest absolute Gasteiger partial charge is 0.392 e. The summed E-state index contributed by atoms with van der Waals surface area (Å²) in [6, 6.07) is 16.8. The molecule has 0 spiro atoms. The van der Waals surface area contributed by atoms with Gasteiger partial charge in [0.15, 0.2) is 0 Å². The Morgan fingerprint density at radius 1 is 1.06 bits per heavy atom. The van der Waals surface area contributed by atoms with E-state index in [0.717, 1.165) is 11.1 Å². The van der Waals surface area contributed by atoms with E-state index in [0.29, 0.717) is 0 Å². The fraction of sp³-hybridized carbons (Fsp3) is 0.125. The molecule has 0 saturated carbocycles. The minimum absolute atomic E-state index is 0.0872. The number of aliphatic hydroxyl groups is 1. The van der Waals surface area contributed by atoms with Gasteiger partial charge in [0.1, 0.15) is 0 Å². The van der Waals surface area contributed by atoms with Crippen molar-refractivity contribution in [3.8, 4) is 10.4 Å². The quantitative estimate of drug-likeness (QED) is 0.720. The lowest BCUT2D eigenvalue weighted by Crippen LogP contribution is -1.88. The Kier molecular flexibility index (Phi) is 2.90. The van der Waals surface area contributed by atoms with Crippen LogP contribution in [0.25, 0.3) is 20.5 Å². The molecule has 0 bridgehead atoms. The number of benzene rings is 2. The normalized spacial score (nSPS) is 11.0. The Labute approximate surface area is 110 Å². The van der Waals surface area contributed by atoms with Gasteiger partial charge in [-0.25, -0.2) is 0 Å². The van der Waals surface area contributed by atoms with Gasteiger partial charge in [-0.15, -0.1) is 11.3 Å². The van der Waals surface area contributed by atoms with Crippen LogP contribution in [0.3, 0.4) is 0 Å². The SMILES string of the molecule is Cc1ccc(CO)c(-c2cc3ccccc3s2)c1. The Balaban J connectivity index is 2.22. The van der Waals surface area contributed by atoms with Crippen molar-refractivity contribution in [2.45, 2.75) is 13.5 Å². The van der Waals surface area contributed by atoms with Crippen LogP contribution in [0.15, 0.2) is 48.5 Å². The number of rotatable bonds is 2. The fourth-order valence-corrected chi connectivity index (χ4v) is 3.29. The molecule has 0 radical (unpaired) electrons. The maximum absolute atomic E-state index is 9.45. The molecule has 0 aliphatic heterocycles. The molecule has 3 rings (SSSR count). The zero-order chi connectivity index (χ0) is 12.5. The highest BCUT2D eigenvalue weighted by atomic mass is 32.1. The topological polar surface area (TPSA) is 20.2 Å². The smallest absolute Gasteiger partial charge is 0.0688 e. The first-order valence-electron chi connectivity index (χ1n) is 5.97. The first kappa shape index (κ1) is 11.5. The number of aliphatic hydroxyl groups excluding tert-OH is 1. The third-order valence-electron chi connectivity index (χ3n) is 3.13. The number of fused-ring (bicyclic) bond motifs is 1. The summed E-state index contributed by atoms with van der Waals surface area (Å²) >= 11 is 1.78. The average molecular weight is 254 g/mol. The van der Waals surface area contributed by atoms with Gasteiger partial charge in [-0.05, 0) is 35.6 Å². The predicted octanol–water partition coefficient (Wildman–Crippen LogP) is 4.37. The molecule has 0 aliphatic rings. The second kappa shape index (κ2) is 4.56. The second-order valence-corrected chi connectivity index (χ2v) is 5.55. The Morgan fingerprint density at radius 3 is 2.67 bits per heavy atom. The minimum atomic E-state index is 0.0872. The van der Waals surface area contributed by atoms with Crippen LogP contribution in [0.2, 0.25) is 0 Å². The monoisotopic (exact) mass is 254 g/mol. The lowest BCUT2D eigenvalue weighted by Gasteiger charge is -2.06. The van der Waals surface area contributed by atoms with E-state index in [9.17, 15) is 5.11 Å². The van der Waals surface area contributed by atoms with Crippen molar-refractivity contribution in [1.29, 1.82) is 0 Å². The van der Waals surface area contributed by atoms with Crippen LogP contribution < -0.4 is 0 Å². The van der Waals surface area contributed by atoms with Gasteiger partial charge in [0.2, 0.25) is 0 Å². The Bertz CT molecular complexity index is 664. The fourth-order valence-electron chi connectivity index (χ4n) is 2.17. The van der Waals surface area contributed by atoms with E-state index in [1.54, 1.807) is 11.3 Å². The van der Waals surface area contributed by atoms with Gasteiger partial charge in [-0.2, -0.15) is 0 Å². The number of thiophene rings is 1. The first-order valence-corrected chi connectivity index (χ1v) is 6.79. The summed E-state index contributed by atoms with van der Waals surface area (Å²) in [5.74, 6) is 0. The lowest BCUT2D eigenvalue weighted by molar-refractivity contribution is 0.282. The molecule has 2 aromatic carbocycles. The summed E-state index contributed by atoms with van der Waals surface area (Å²) in [6.07, 6.45) is 0. The molecule has 1 heterocycles. The average Bonchev–Trinajstić information content (AvgIpc) is 2.82. The predicted molar refractivity (Wildman–Crippen MR) is 77.9 cm³/mol. The van der Waals surface area contributed by atoms with Gasteiger partial charge in [0, 0.05) is 9.58 Å². The van der Waals surface area contributed by atoms with Gasteiger partial charge in [-0.1, -0.05) is 42.0 Å². The molecule has 0 fully saturated rings. The van der Waals surface area contributed by atoms with Crippen LogP contribution in [-0.2, 0) is 6.61 Å². The summed E-state index contributed by atoms with van der Waals surface area (Å²) in [5.41, 5.74) is 3.37. The highest BCUT2D eigenvalue weighted by Gasteiger charge is 2.08. The highest BCUT2D eigenvalue weighted by Crippen LogP contribution is 2.35. The third kappa shape index (κ3) is 1.94. The van der Waals surface area contributed by atoms with Crippen molar-refractivity contribution in [2.75, 3.05) is 0 Å². The van der Waals surface area contributed by atoms with E-state index < -0.39 is 0 Å². The van der Waals surface area contributed by atoms with Crippen molar-refractivity contribution in [1.82, 2.24) is 0 Å². The van der Waals surface area contributed by atoms with Crippen LogP contribution in [-0.4, -0.2) is 5.11 Å². The van der Waals surface area contributed by atoms with E-state index in [4.69, 9.17) is 0 Å². The van der Waals surface area contributed by atoms with E-state index in [-0.39, 0.29) is 6.61 Å². The van der Waals surface area contributed by atoms with Crippen molar-refractivity contribution < 1.29 is 5.11 Å². The number of aryl methyl sites for hydroxylation is 1. The van der Waals surface area contributed by atoms with E-state index in [1.165, 1.54) is 20.5 Å². The van der Waals surface area contributed by atoms with Gasteiger partial charge in [0.25, 0.3) is 0 Å². The van der Waals surface area contributed by atoms with Gasteiger partial charge < -0.3 is 5.11 Å². The molecule has 1 aromatic heterocycles. The molecule has 2 heteroatoms. The van der Waals surface area contributed by atoms with Crippen LogP contribution in [0.5, 0.6) is 0 Å². The van der Waals surface area contributed by atoms with Crippen LogP contribution in [0.1, 0.15) is 11.1 Å². The van der Waals surface area contributed by atoms with Crippen molar-refractivity contribution in [2.24, 2.45) is 0 Å². The number of hydrogen-bond donors (Lipinski definition) is 1. The zero-order valence-electron chi connectivity index (χ0n) is 10.2. The molecule has 0 amide bonds. The molecular formula is C16H14OS. The summed E-state index contributed by atoms with van der Waals surface area (Å²) in [5, 5.41) is 10.7. The summed E-state index contributed by atoms with van der Waals surface area (Å²) in [6.45, 7) is 2.17. The molecule has 1 N–H and O–H groups in total. The molecule has 3 aromatic rings. The maximum Gasteiger partial charge on any atom is 0.0688 e.